The fourth-order valence-corrected chi connectivity index (χ4v) is 6.61. The average Bonchev–Trinajstić information content (AvgIpc) is 2.78. The summed E-state index contributed by atoms with van der Waals surface area (Å²) < 4.78 is 11.0. The molecule has 3 aliphatic heterocycles. The third-order valence-corrected chi connectivity index (χ3v) is 7.90. The molecule has 0 spiro atoms. The molecule has 4 unspecified atom stereocenters. The van der Waals surface area contributed by atoms with E-state index in [1.165, 1.54) is 51.6 Å². The smallest absolute Gasteiger partial charge is 0.174 e. The maximum absolute atomic E-state index is 5.95. The van der Waals surface area contributed by atoms with Crippen molar-refractivity contribution in [1.29, 1.82) is 0 Å². The predicted octanol–water partition coefficient (Wildman–Crippen LogP) is 4.30. The molecule has 5 nitrogen and oxygen atoms in total. The summed E-state index contributed by atoms with van der Waals surface area (Å²) in [4.78, 5) is 5.23. The molecule has 1 aliphatic carbocycles. The Kier molecular flexibility index (Phi) is 5.63. The summed E-state index contributed by atoms with van der Waals surface area (Å²) in [6.45, 7) is 3.52. The molecule has 3 heterocycles. The van der Waals surface area contributed by atoms with Crippen molar-refractivity contribution in [2.45, 2.75) is 50.6 Å². The largest absolute Gasteiger partial charge is 0.497 e. The number of likely N-dealkylation sites (tertiary alicyclic amines) is 1. The minimum atomic E-state index is 0.439. The molecule has 1 aromatic carbocycles. The van der Waals surface area contributed by atoms with Crippen LogP contribution in [-0.4, -0.2) is 60.8 Å². The van der Waals surface area contributed by atoms with E-state index in [0.29, 0.717) is 12.0 Å². The molecule has 30 heavy (non-hydrogen) atoms. The van der Waals surface area contributed by atoms with Crippen LogP contribution in [0.15, 0.2) is 29.8 Å². The van der Waals surface area contributed by atoms with Crippen LogP contribution in [0.25, 0.3) is 0 Å². The maximum atomic E-state index is 5.95. The van der Waals surface area contributed by atoms with E-state index in [-0.39, 0.29) is 0 Å². The van der Waals surface area contributed by atoms with Gasteiger partial charge in [-0.25, -0.2) is 0 Å². The molecule has 2 bridgehead atoms. The van der Waals surface area contributed by atoms with Gasteiger partial charge in [0.25, 0.3) is 0 Å². The van der Waals surface area contributed by atoms with E-state index in [0.717, 1.165) is 40.8 Å². The molecule has 0 saturated carbocycles. The van der Waals surface area contributed by atoms with Crippen LogP contribution < -0.4 is 14.8 Å². The number of ether oxygens (including phenoxy) is 2. The highest BCUT2D eigenvalue weighted by Crippen LogP contribution is 2.45. The second-order valence-electron chi connectivity index (χ2n) is 9.20. The Labute approximate surface area is 185 Å². The minimum absolute atomic E-state index is 0.439. The second-order valence-corrected chi connectivity index (χ2v) is 9.58. The summed E-state index contributed by atoms with van der Waals surface area (Å²) in [7, 11) is 3.37. The zero-order valence-corrected chi connectivity index (χ0v) is 18.9. The van der Waals surface area contributed by atoms with E-state index in [1.54, 1.807) is 19.8 Å². The normalized spacial score (nSPS) is 30.6. The van der Waals surface area contributed by atoms with Crippen molar-refractivity contribution < 1.29 is 9.47 Å². The van der Waals surface area contributed by atoms with Crippen molar-refractivity contribution in [1.82, 2.24) is 9.80 Å². The van der Waals surface area contributed by atoms with Gasteiger partial charge in [-0.05, 0) is 74.8 Å². The Bertz CT molecular complexity index is 842. The van der Waals surface area contributed by atoms with Gasteiger partial charge >= 0.3 is 0 Å². The Morgan fingerprint density at radius 2 is 2.03 bits per heavy atom. The standard InChI is InChI=1S/C24H33N3O2S/c1-28-19-8-9-22(29-2)20(14-19)25-24(30)27-11-5-6-16-12-17-13-18(23(16)27)15-26-10-4-3-7-21(17)26/h8-9,12,14,17-18,21,23H,3-7,10-11,13,15H2,1-2H3,(H,25,30). The van der Waals surface area contributed by atoms with Crippen molar-refractivity contribution in [3.8, 4) is 11.5 Å². The molecule has 0 aromatic heterocycles. The summed E-state index contributed by atoms with van der Waals surface area (Å²) in [6, 6.07) is 7.02. The summed E-state index contributed by atoms with van der Waals surface area (Å²) in [5.74, 6) is 3.00. The third kappa shape index (κ3) is 3.58. The Hall–Kier alpha value is -1.79. The molecule has 3 fully saturated rings. The Morgan fingerprint density at radius 3 is 2.87 bits per heavy atom. The number of anilines is 1. The van der Waals surface area contributed by atoms with Gasteiger partial charge in [0, 0.05) is 25.2 Å². The van der Waals surface area contributed by atoms with E-state index < -0.39 is 0 Å². The zero-order valence-electron chi connectivity index (χ0n) is 18.1. The SMILES string of the molecule is COc1ccc(OC)c(NC(=S)N2CCCC3=CC4CC(CN5CCCCC45)C32)c1. The van der Waals surface area contributed by atoms with Gasteiger partial charge in [-0.2, -0.15) is 0 Å². The van der Waals surface area contributed by atoms with Gasteiger partial charge in [-0.3, -0.25) is 4.90 Å². The number of piperidine rings is 3. The van der Waals surface area contributed by atoms with Gasteiger partial charge in [0.2, 0.25) is 0 Å². The molecule has 4 atom stereocenters. The Morgan fingerprint density at radius 1 is 1.13 bits per heavy atom. The maximum Gasteiger partial charge on any atom is 0.174 e. The lowest BCUT2D eigenvalue weighted by molar-refractivity contribution is 0.0132. The summed E-state index contributed by atoms with van der Waals surface area (Å²) >= 11 is 5.95. The second kappa shape index (κ2) is 8.39. The molecule has 0 radical (unpaired) electrons. The number of hydrogen-bond acceptors (Lipinski definition) is 4. The first kappa shape index (κ1) is 20.1. The number of benzene rings is 1. The lowest BCUT2D eigenvalue weighted by atomic mass is 9.68. The average molecular weight is 428 g/mol. The zero-order chi connectivity index (χ0) is 20.7. The fourth-order valence-electron chi connectivity index (χ4n) is 6.30. The highest BCUT2D eigenvalue weighted by atomic mass is 32.1. The van der Waals surface area contributed by atoms with Crippen LogP contribution in [0.4, 0.5) is 5.69 Å². The van der Waals surface area contributed by atoms with Gasteiger partial charge in [0.1, 0.15) is 11.5 Å². The first-order chi connectivity index (χ1) is 14.7. The van der Waals surface area contributed by atoms with Crippen molar-refractivity contribution in [2.24, 2.45) is 11.8 Å². The fraction of sp³-hybridized carbons (Fsp3) is 0.625. The Balaban J connectivity index is 1.39. The van der Waals surface area contributed by atoms with Crippen molar-refractivity contribution in [3.63, 3.8) is 0 Å². The molecule has 1 aromatic rings. The summed E-state index contributed by atoms with van der Waals surface area (Å²) in [6.07, 6.45) is 10.5. The number of thiocarbonyl (C=S) groups is 1. The number of nitrogens with zero attached hydrogens (tertiary/aromatic N) is 2. The lowest BCUT2D eigenvalue weighted by Crippen LogP contribution is -2.60. The van der Waals surface area contributed by atoms with Gasteiger partial charge in [-0.1, -0.05) is 18.1 Å². The van der Waals surface area contributed by atoms with E-state index in [1.807, 2.05) is 18.2 Å². The summed E-state index contributed by atoms with van der Waals surface area (Å²) in [5.41, 5.74) is 2.50. The van der Waals surface area contributed by atoms with Gasteiger partial charge in [0.05, 0.1) is 25.9 Å². The van der Waals surface area contributed by atoms with Crippen LogP contribution >= 0.6 is 12.2 Å². The highest BCUT2D eigenvalue weighted by molar-refractivity contribution is 7.80. The van der Waals surface area contributed by atoms with Crippen LogP contribution in [0.1, 0.15) is 38.5 Å². The molecular weight excluding hydrogens is 394 g/mol. The quantitative estimate of drug-likeness (QED) is 0.573. The van der Waals surface area contributed by atoms with Crippen LogP contribution in [0.5, 0.6) is 11.5 Å². The van der Waals surface area contributed by atoms with Crippen molar-refractivity contribution >= 4 is 23.0 Å². The number of nitrogens with one attached hydrogen (secondary N) is 1. The van der Waals surface area contributed by atoms with E-state index in [2.05, 4.69) is 21.2 Å². The first-order valence-electron chi connectivity index (χ1n) is 11.4. The van der Waals surface area contributed by atoms with Crippen LogP contribution in [-0.2, 0) is 0 Å². The summed E-state index contributed by atoms with van der Waals surface area (Å²) in [5, 5.41) is 4.28. The number of rotatable bonds is 3. The molecule has 3 saturated heterocycles. The monoisotopic (exact) mass is 427 g/mol. The highest BCUT2D eigenvalue weighted by Gasteiger charge is 2.46. The minimum Gasteiger partial charge on any atom is -0.497 e. The van der Waals surface area contributed by atoms with Gasteiger partial charge < -0.3 is 19.7 Å². The number of hydrogen-bond donors (Lipinski definition) is 1. The van der Waals surface area contributed by atoms with E-state index >= 15 is 0 Å². The predicted molar refractivity (Wildman–Crippen MR) is 124 cm³/mol. The molecule has 4 aliphatic rings. The third-order valence-electron chi connectivity index (χ3n) is 7.57. The van der Waals surface area contributed by atoms with Crippen LogP contribution in [0.3, 0.4) is 0 Å². The van der Waals surface area contributed by atoms with Gasteiger partial charge in [0.15, 0.2) is 5.11 Å². The van der Waals surface area contributed by atoms with E-state index in [4.69, 9.17) is 21.7 Å². The topological polar surface area (TPSA) is 37.0 Å². The molecule has 1 N–H and O–H groups in total. The lowest BCUT2D eigenvalue weighted by Gasteiger charge is -2.55. The molecule has 162 valence electrons. The molecule has 6 heteroatoms. The van der Waals surface area contributed by atoms with E-state index in [9.17, 15) is 0 Å². The number of methoxy groups -OCH3 is 2. The molecular formula is C24H33N3O2S. The first-order valence-corrected chi connectivity index (χ1v) is 11.8. The molecule has 0 amide bonds. The number of fused-ring (bicyclic) bond motifs is 6. The molecule has 5 rings (SSSR count). The van der Waals surface area contributed by atoms with Crippen molar-refractivity contribution in [3.05, 3.63) is 29.8 Å². The van der Waals surface area contributed by atoms with Gasteiger partial charge in [-0.15, -0.1) is 0 Å². The van der Waals surface area contributed by atoms with Crippen molar-refractivity contribution in [2.75, 3.05) is 39.2 Å². The van der Waals surface area contributed by atoms with Crippen LogP contribution in [0, 0.1) is 11.8 Å². The van der Waals surface area contributed by atoms with Crippen LogP contribution in [0.2, 0.25) is 0 Å².